The van der Waals surface area contributed by atoms with Gasteiger partial charge in [-0.2, -0.15) is 0 Å². The van der Waals surface area contributed by atoms with E-state index in [1.54, 1.807) is 18.7 Å². The molecule has 0 radical (unpaired) electrons. The Morgan fingerprint density at radius 2 is 1.90 bits per heavy atom. The number of halogens is 1. The number of benzene rings is 1. The van der Waals surface area contributed by atoms with E-state index >= 15 is 0 Å². The van der Waals surface area contributed by atoms with Crippen LogP contribution in [0, 0.1) is 5.82 Å². The van der Waals surface area contributed by atoms with Crippen LogP contribution in [0.5, 0.6) is 0 Å². The van der Waals surface area contributed by atoms with Crippen molar-refractivity contribution in [3.8, 4) is 0 Å². The third-order valence-corrected chi connectivity index (χ3v) is 3.88. The lowest BCUT2D eigenvalue weighted by molar-refractivity contribution is -0.121. The smallest absolute Gasteiger partial charge is 0.269 e. The predicted molar refractivity (Wildman–Crippen MR) is 78.8 cm³/mol. The van der Waals surface area contributed by atoms with Gasteiger partial charge in [-0.15, -0.1) is 11.8 Å². The fourth-order valence-corrected chi connectivity index (χ4v) is 2.39. The Labute approximate surface area is 122 Å². The molecule has 20 heavy (non-hydrogen) atoms. The van der Waals surface area contributed by atoms with Crippen LogP contribution >= 0.6 is 11.8 Å². The summed E-state index contributed by atoms with van der Waals surface area (Å²) < 4.78 is 12.7. The number of carbonyl (C=O) groups excluding carboxylic acids is 2. The molecule has 0 aliphatic rings. The number of hydrogen-bond acceptors (Lipinski definition) is 3. The highest BCUT2D eigenvalue weighted by molar-refractivity contribution is 8.00. The van der Waals surface area contributed by atoms with E-state index in [1.807, 2.05) is 0 Å². The number of rotatable bonds is 6. The van der Waals surface area contributed by atoms with Crippen LogP contribution in [-0.4, -0.2) is 22.8 Å². The second-order valence-corrected chi connectivity index (χ2v) is 5.77. The van der Waals surface area contributed by atoms with E-state index in [9.17, 15) is 14.0 Å². The summed E-state index contributed by atoms with van der Waals surface area (Å²) in [6, 6.07) is 5.10. The molecule has 2 amide bonds. The molecular weight excluding hydrogens is 279 g/mol. The highest BCUT2D eigenvalue weighted by Gasteiger charge is 2.14. The van der Waals surface area contributed by atoms with Gasteiger partial charge in [0, 0.05) is 5.56 Å². The van der Waals surface area contributed by atoms with Gasteiger partial charge in [0.1, 0.15) is 5.82 Å². The Balaban J connectivity index is 2.36. The Morgan fingerprint density at radius 3 is 2.50 bits per heavy atom. The quantitative estimate of drug-likeness (QED) is 0.627. The van der Waals surface area contributed by atoms with Crippen LogP contribution in [0.3, 0.4) is 0 Å². The van der Waals surface area contributed by atoms with Crippen molar-refractivity contribution in [2.45, 2.75) is 31.9 Å². The first-order valence-corrected chi connectivity index (χ1v) is 7.56. The first kappa shape index (κ1) is 16.5. The Bertz CT molecular complexity index is 451. The molecule has 0 aliphatic heterocycles. The molecule has 4 nitrogen and oxygen atoms in total. The van der Waals surface area contributed by atoms with Crippen LogP contribution in [0.15, 0.2) is 24.3 Å². The molecule has 0 fully saturated rings. The SMILES string of the molecule is CCCCSC(C)C(=O)NNC(=O)c1ccc(F)cc1. The average molecular weight is 298 g/mol. The topological polar surface area (TPSA) is 58.2 Å². The molecule has 0 heterocycles. The summed E-state index contributed by atoms with van der Waals surface area (Å²) in [5.41, 5.74) is 4.97. The van der Waals surface area contributed by atoms with Gasteiger partial charge in [0.05, 0.1) is 5.25 Å². The maximum absolute atomic E-state index is 12.7. The summed E-state index contributed by atoms with van der Waals surface area (Å²) in [4.78, 5) is 23.4. The van der Waals surface area contributed by atoms with Gasteiger partial charge >= 0.3 is 0 Å². The molecule has 6 heteroatoms. The van der Waals surface area contributed by atoms with E-state index < -0.39 is 11.7 Å². The minimum Gasteiger partial charge on any atom is -0.272 e. The molecule has 0 bridgehead atoms. The predicted octanol–water partition coefficient (Wildman–Crippen LogP) is 2.51. The Hall–Kier alpha value is -1.56. The minimum absolute atomic E-state index is 0.227. The van der Waals surface area contributed by atoms with Crippen molar-refractivity contribution in [2.75, 3.05) is 5.75 Å². The van der Waals surface area contributed by atoms with E-state index in [0.717, 1.165) is 18.6 Å². The van der Waals surface area contributed by atoms with Gasteiger partial charge in [-0.05, 0) is 43.4 Å². The number of carbonyl (C=O) groups is 2. The molecular formula is C14H19FN2O2S. The number of amides is 2. The second kappa shape index (κ2) is 8.58. The van der Waals surface area contributed by atoms with Crippen LogP contribution in [-0.2, 0) is 4.79 Å². The molecule has 0 aromatic heterocycles. The van der Waals surface area contributed by atoms with Crippen LogP contribution in [0.4, 0.5) is 4.39 Å². The van der Waals surface area contributed by atoms with Crippen molar-refractivity contribution in [1.29, 1.82) is 0 Å². The fourth-order valence-electron chi connectivity index (χ4n) is 1.37. The minimum atomic E-state index is -0.468. The third-order valence-electron chi connectivity index (χ3n) is 2.64. The van der Waals surface area contributed by atoms with Crippen LogP contribution in [0.25, 0.3) is 0 Å². The lowest BCUT2D eigenvalue weighted by Crippen LogP contribution is -2.45. The summed E-state index contributed by atoms with van der Waals surface area (Å²) in [5, 5.41) is -0.227. The van der Waals surface area contributed by atoms with Crippen molar-refractivity contribution in [2.24, 2.45) is 0 Å². The lowest BCUT2D eigenvalue weighted by atomic mass is 10.2. The molecule has 0 saturated heterocycles. The maximum Gasteiger partial charge on any atom is 0.269 e. The zero-order valence-corrected chi connectivity index (χ0v) is 12.4. The average Bonchev–Trinajstić information content (AvgIpc) is 2.45. The van der Waals surface area contributed by atoms with E-state index in [0.29, 0.717) is 0 Å². The standard InChI is InChI=1S/C14H19FN2O2S/c1-3-4-9-20-10(2)13(18)16-17-14(19)11-5-7-12(15)8-6-11/h5-8,10H,3-4,9H2,1-2H3,(H,16,18)(H,17,19). The van der Waals surface area contributed by atoms with Crippen LogP contribution in [0.2, 0.25) is 0 Å². The molecule has 1 rings (SSSR count). The van der Waals surface area contributed by atoms with Gasteiger partial charge in [0.2, 0.25) is 0 Å². The molecule has 0 saturated carbocycles. The summed E-state index contributed by atoms with van der Waals surface area (Å²) in [7, 11) is 0. The van der Waals surface area contributed by atoms with E-state index in [-0.39, 0.29) is 16.7 Å². The van der Waals surface area contributed by atoms with E-state index in [1.165, 1.54) is 24.3 Å². The zero-order valence-electron chi connectivity index (χ0n) is 11.6. The molecule has 1 aromatic carbocycles. The molecule has 110 valence electrons. The number of thioether (sulfide) groups is 1. The maximum atomic E-state index is 12.7. The van der Waals surface area contributed by atoms with Crippen molar-refractivity contribution in [3.63, 3.8) is 0 Å². The van der Waals surface area contributed by atoms with Crippen molar-refractivity contribution in [1.82, 2.24) is 10.9 Å². The molecule has 0 spiro atoms. The van der Waals surface area contributed by atoms with Crippen molar-refractivity contribution in [3.05, 3.63) is 35.6 Å². The fraction of sp³-hybridized carbons (Fsp3) is 0.429. The molecule has 0 aliphatic carbocycles. The third kappa shape index (κ3) is 5.61. The molecule has 1 atom stereocenters. The monoisotopic (exact) mass is 298 g/mol. The largest absolute Gasteiger partial charge is 0.272 e. The Kier molecular flexibility index (Phi) is 7.08. The van der Waals surface area contributed by atoms with Crippen molar-refractivity contribution < 1.29 is 14.0 Å². The number of unbranched alkanes of at least 4 members (excludes halogenated alkanes) is 1. The van der Waals surface area contributed by atoms with Gasteiger partial charge in [-0.3, -0.25) is 20.4 Å². The van der Waals surface area contributed by atoms with Crippen LogP contribution < -0.4 is 10.9 Å². The first-order chi connectivity index (χ1) is 9.54. The van der Waals surface area contributed by atoms with E-state index in [4.69, 9.17) is 0 Å². The first-order valence-electron chi connectivity index (χ1n) is 6.52. The second-order valence-electron chi connectivity index (χ2n) is 4.32. The summed E-state index contributed by atoms with van der Waals surface area (Å²) in [6.07, 6.45) is 2.15. The number of nitrogens with one attached hydrogen (secondary N) is 2. The van der Waals surface area contributed by atoms with Gasteiger partial charge in [-0.25, -0.2) is 4.39 Å². The molecule has 1 unspecified atom stereocenters. The van der Waals surface area contributed by atoms with E-state index in [2.05, 4.69) is 17.8 Å². The highest BCUT2D eigenvalue weighted by Crippen LogP contribution is 2.12. The summed E-state index contributed by atoms with van der Waals surface area (Å²) in [5.74, 6) is -0.214. The van der Waals surface area contributed by atoms with Crippen molar-refractivity contribution >= 4 is 23.6 Å². The highest BCUT2D eigenvalue weighted by atomic mass is 32.2. The zero-order chi connectivity index (χ0) is 15.0. The normalized spacial score (nSPS) is 11.8. The lowest BCUT2D eigenvalue weighted by Gasteiger charge is -2.12. The number of hydrazine groups is 1. The Morgan fingerprint density at radius 1 is 1.25 bits per heavy atom. The molecule has 2 N–H and O–H groups in total. The number of hydrogen-bond donors (Lipinski definition) is 2. The van der Waals surface area contributed by atoms with Gasteiger partial charge in [0.25, 0.3) is 11.8 Å². The molecule has 1 aromatic rings. The summed E-state index contributed by atoms with van der Waals surface area (Å²) in [6.45, 7) is 3.88. The van der Waals surface area contributed by atoms with Gasteiger partial charge < -0.3 is 0 Å². The van der Waals surface area contributed by atoms with Gasteiger partial charge in [0.15, 0.2) is 0 Å². The summed E-state index contributed by atoms with van der Waals surface area (Å²) >= 11 is 1.55. The van der Waals surface area contributed by atoms with Crippen LogP contribution in [0.1, 0.15) is 37.0 Å². The van der Waals surface area contributed by atoms with Gasteiger partial charge in [-0.1, -0.05) is 13.3 Å².